The van der Waals surface area contributed by atoms with Crippen LogP contribution in [0.5, 0.6) is 0 Å². The van der Waals surface area contributed by atoms with Crippen molar-refractivity contribution in [1.82, 2.24) is 19.8 Å². The quantitative estimate of drug-likeness (QED) is 0.565. The third-order valence-electron chi connectivity index (χ3n) is 5.74. The normalized spacial score (nSPS) is 18.9. The first-order valence-electron chi connectivity index (χ1n) is 9.85. The first kappa shape index (κ1) is 19.9. The van der Waals surface area contributed by atoms with Gasteiger partial charge in [0.1, 0.15) is 0 Å². The highest BCUT2D eigenvalue weighted by molar-refractivity contribution is 7.80. The van der Waals surface area contributed by atoms with Gasteiger partial charge in [-0.3, -0.25) is 4.98 Å². The van der Waals surface area contributed by atoms with Gasteiger partial charge in [0.2, 0.25) is 0 Å². The summed E-state index contributed by atoms with van der Waals surface area (Å²) in [5, 5.41) is 5.02. The standard InChI is InChI=1S/C23H25ClN4S/c1-5-27-22(21(26-23(27)29)19-8-6-7-11-25-19)18-12-15(3)28(16(18)4)20-13-17(24)10-9-14(20)2/h6-13,21-22H,5H2,1-4H3,(H,26,29)/t21-,22+/m0/s1. The molecule has 2 aromatic heterocycles. The summed E-state index contributed by atoms with van der Waals surface area (Å²) in [6.45, 7) is 9.41. The third-order valence-corrected chi connectivity index (χ3v) is 6.33. The molecule has 1 aliphatic heterocycles. The maximum Gasteiger partial charge on any atom is 0.170 e. The van der Waals surface area contributed by atoms with Gasteiger partial charge >= 0.3 is 0 Å². The zero-order chi connectivity index (χ0) is 20.7. The SMILES string of the molecule is CCN1C(=S)N[C@@H](c2ccccn2)[C@H]1c1cc(C)n(-c2cc(Cl)ccc2C)c1C. The smallest absolute Gasteiger partial charge is 0.170 e. The fourth-order valence-electron chi connectivity index (χ4n) is 4.37. The summed E-state index contributed by atoms with van der Waals surface area (Å²) in [6, 6.07) is 14.4. The molecular formula is C23H25ClN4S. The van der Waals surface area contributed by atoms with E-state index in [1.807, 2.05) is 30.5 Å². The molecule has 1 aromatic carbocycles. The lowest BCUT2D eigenvalue weighted by atomic mass is 9.97. The van der Waals surface area contributed by atoms with Crippen molar-refractivity contribution in [3.8, 4) is 5.69 Å². The Morgan fingerprint density at radius 1 is 1.14 bits per heavy atom. The van der Waals surface area contributed by atoms with Gasteiger partial charge in [0.15, 0.2) is 5.11 Å². The van der Waals surface area contributed by atoms with Crippen molar-refractivity contribution in [2.45, 2.75) is 39.8 Å². The van der Waals surface area contributed by atoms with Gasteiger partial charge in [-0.1, -0.05) is 23.7 Å². The van der Waals surface area contributed by atoms with Crippen molar-refractivity contribution in [2.24, 2.45) is 0 Å². The van der Waals surface area contributed by atoms with Crippen molar-refractivity contribution in [2.75, 3.05) is 6.54 Å². The van der Waals surface area contributed by atoms with Crippen LogP contribution in [-0.4, -0.2) is 26.1 Å². The summed E-state index contributed by atoms with van der Waals surface area (Å²) in [5.74, 6) is 0. The first-order valence-corrected chi connectivity index (χ1v) is 10.6. The maximum atomic E-state index is 6.32. The van der Waals surface area contributed by atoms with E-state index < -0.39 is 0 Å². The molecule has 0 radical (unpaired) electrons. The minimum Gasteiger partial charge on any atom is -0.352 e. The fraction of sp³-hybridized carbons (Fsp3) is 0.304. The molecule has 3 aromatic rings. The van der Waals surface area contributed by atoms with E-state index in [0.717, 1.165) is 28.1 Å². The maximum absolute atomic E-state index is 6.32. The van der Waals surface area contributed by atoms with Crippen molar-refractivity contribution in [3.63, 3.8) is 0 Å². The number of rotatable bonds is 4. The van der Waals surface area contributed by atoms with Crippen molar-refractivity contribution < 1.29 is 0 Å². The Hall–Kier alpha value is -2.37. The molecule has 4 nitrogen and oxygen atoms in total. The number of aromatic nitrogens is 2. The molecule has 3 heterocycles. The van der Waals surface area contributed by atoms with E-state index in [-0.39, 0.29) is 12.1 Å². The van der Waals surface area contributed by atoms with Gasteiger partial charge < -0.3 is 14.8 Å². The Morgan fingerprint density at radius 3 is 2.62 bits per heavy atom. The molecule has 4 rings (SSSR count). The van der Waals surface area contributed by atoms with Gasteiger partial charge in [-0.15, -0.1) is 0 Å². The van der Waals surface area contributed by atoms with E-state index in [4.69, 9.17) is 23.8 Å². The number of halogens is 1. The van der Waals surface area contributed by atoms with E-state index >= 15 is 0 Å². The highest BCUT2D eigenvalue weighted by Gasteiger charge is 2.40. The van der Waals surface area contributed by atoms with Crippen LogP contribution in [0, 0.1) is 20.8 Å². The molecular weight excluding hydrogens is 400 g/mol. The van der Waals surface area contributed by atoms with Crippen LogP contribution in [0.3, 0.4) is 0 Å². The number of hydrogen-bond acceptors (Lipinski definition) is 2. The molecule has 1 N–H and O–H groups in total. The average molecular weight is 425 g/mol. The van der Waals surface area contributed by atoms with Gasteiger partial charge in [0, 0.05) is 34.8 Å². The van der Waals surface area contributed by atoms with Gasteiger partial charge in [-0.05, 0) is 81.4 Å². The predicted molar refractivity (Wildman–Crippen MR) is 123 cm³/mol. The minimum atomic E-state index is 0.0121. The lowest BCUT2D eigenvalue weighted by Crippen LogP contribution is -2.29. The molecule has 0 unspecified atom stereocenters. The highest BCUT2D eigenvalue weighted by Crippen LogP contribution is 2.41. The zero-order valence-electron chi connectivity index (χ0n) is 17.1. The molecule has 0 amide bonds. The molecule has 29 heavy (non-hydrogen) atoms. The molecule has 0 saturated carbocycles. The Morgan fingerprint density at radius 2 is 1.93 bits per heavy atom. The van der Waals surface area contributed by atoms with E-state index in [0.29, 0.717) is 0 Å². The fourth-order valence-corrected chi connectivity index (χ4v) is 4.90. The molecule has 1 aliphatic rings. The number of aryl methyl sites for hydroxylation is 2. The minimum absolute atomic E-state index is 0.0121. The average Bonchev–Trinajstić information content (AvgIpc) is 3.19. The highest BCUT2D eigenvalue weighted by atomic mass is 35.5. The van der Waals surface area contributed by atoms with Crippen LogP contribution in [0.2, 0.25) is 5.02 Å². The van der Waals surface area contributed by atoms with Crippen molar-refractivity contribution >= 4 is 28.9 Å². The summed E-state index contributed by atoms with van der Waals surface area (Å²) in [6.07, 6.45) is 1.84. The van der Waals surface area contributed by atoms with Crippen molar-refractivity contribution in [1.29, 1.82) is 0 Å². The van der Waals surface area contributed by atoms with Gasteiger partial charge in [0.05, 0.1) is 17.8 Å². The number of likely N-dealkylation sites (N-methyl/N-ethyl adjacent to an activating group) is 1. The second kappa shape index (κ2) is 7.81. The number of nitrogens with one attached hydrogen (secondary N) is 1. The van der Waals surface area contributed by atoms with Crippen LogP contribution >= 0.6 is 23.8 Å². The zero-order valence-corrected chi connectivity index (χ0v) is 18.7. The molecule has 150 valence electrons. The summed E-state index contributed by atoms with van der Waals surface area (Å²) in [4.78, 5) is 6.86. The van der Waals surface area contributed by atoms with Crippen molar-refractivity contribution in [3.05, 3.63) is 81.9 Å². The molecule has 0 spiro atoms. The summed E-state index contributed by atoms with van der Waals surface area (Å²) >= 11 is 12.0. The molecule has 0 bridgehead atoms. The van der Waals surface area contributed by atoms with Crippen LogP contribution < -0.4 is 5.32 Å². The van der Waals surface area contributed by atoms with E-state index in [1.54, 1.807) is 0 Å². The number of nitrogens with zero attached hydrogens (tertiary/aromatic N) is 3. The van der Waals surface area contributed by atoms with E-state index in [1.165, 1.54) is 22.5 Å². The second-order valence-corrected chi connectivity index (χ2v) is 8.33. The Labute approximate surface area is 182 Å². The number of hydrogen-bond donors (Lipinski definition) is 1. The predicted octanol–water partition coefficient (Wildman–Crippen LogP) is 5.44. The third kappa shape index (κ3) is 3.43. The second-order valence-electron chi connectivity index (χ2n) is 7.51. The summed E-state index contributed by atoms with van der Waals surface area (Å²) in [7, 11) is 0. The summed E-state index contributed by atoms with van der Waals surface area (Å²) in [5.41, 5.74) is 6.94. The summed E-state index contributed by atoms with van der Waals surface area (Å²) < 4.78 is 2.29. The number of benzene rings is 1. The Balaban J connectivity index is 1.86. The van der Waals surface area contributed by atoms with Gasteiger partial charge in [0.25, 0.3) is 0 Å². The van der Waals surface area contributed by atoms with Crippen LogP contribution in [0.4, 0.5) is 0 Å². The van der Waals surface area contributed by atoms with E-state index in [9.17, 15) is 0 Å². The Kier molecular flexibility index (Phi) is 5.36. The molecule has 1 saturated heterocycles. The van der Waals surface area contributed by atoms with Crippen LogP contribution in [0.1, 0.15) is 47.2 Å². The Bertz CT molecular complexity index is 1060. The number of thiocarbonyl (C=S) groups is 1. The van der Waals surface area contributed by atoms with E-state index in [2.05, 4.69) is 65.7 Å². The molecule has 1 fully saturated rings. The lowest BCUT2D eigenvalue weighted by Gasteiger charge is -2.27. The van der Waals surface area contributed by atoms with Crippen LogP contribution in [0.25, 0.3) is 5.69 Å². The first-order chi connectivity index (χ1) is 13.9. The molecule has 0 aliphatic carbocycles. The molecule has 2 atom stereocenters. The van der Waals surface area contributed by atoms with Crippen LogP contribution in [-0.2, 0) is 0 Å². The lowest BCUT2D eigenvalue weighted by molar-refractivity contribution is 0.329. The van der Waals surface area contributed by atoms with Gasteiger partial charge in [-0.2, -0.15) is 0 Å². The van der Waals surface area contributed by atoms with Gasteiger partial charge in [-0.25, -0.2) is 0 Å². The monoisotopic (exact) mass is 424 g/mol. The number of pyridine rings is 1. The van der Waals surface area contributed by atoms with Crippen LogP contribution in [0.15, 0.2) is 48.7 Å². The largest absolute Gasteiger partial charge is 0.352 e. The topological polar surface area (TPSA) is 33.1 Å². The molecule has 6 heteroatoms.